The molecule has 7 heteroatoms. The van der Waals surface area contributed by atoms with Crippen LogP contribution in [0, 0.1) is 0 Å². The Bertz CT molecular complexity index is 593. The Labute approximate surface area is 132 Å². The molecule has 2 heterocycles. The van der Waals surface area contributed by atoms with Crippen LogP contribution >= 0.6 is 11.8 Å². The van der Waals surface area contributed by atoms with Crippen molar-refractivity contribution in [2.24, 2.45) is 0 Å². The van der Waals surface area contributed by atoms with Gasteiger partial charge < -0.3 is 5.32 Å². The van der Waals surface area contributed by atoms with E-state index in [-0.39, 0.29) is 34.5 Å². The Morgan fingerprint density at radius 3 is 2.55 bits per heavy atom. The molecule has 3 N–H and O–H groups in total. The number of amides is 3. The lowest BCUT2D eigenvalue weighted by atomic mass is 10.0. The van der Waals surface area contributed by atoms with Gasteiger partial charge >= 0.3 is 0 Å². The van der Waals surface area contributed by atoms with Gasteiger partial charge in [-0.25, -0.2) is 0 Å². The van der Waals surface area contributed by atoms with E-state index < -0.39 is 0 Å². The topological polar surface area (TPSA) is 87.3 Å². The molecule has 3 amide bonds. The van der Waals surface area contributed by atoms with E-state index in [4.69, 9.17) is 0 Å². The van der Waals surface area contributed by atoms with Gasteiger partial charge in [0.2, 0.25) is 17.7 Å². The van der Waals surface area contributed by atoms with Crippen LogP contribution in [0.25, 0.3) is 0 Å². The molecule has 0 aromatic heterocycles. The number of carbonyl (C=O) groups excluding carboxylic acids is 3. The predicted molar refractivity (Wildman–Crippen MR) is 82.6 cm³/mol. The number of imide groups is 1. The maximum atomic E-state index is 11.9. The molecule has 6 nitrogen and oxygen atoms in total. The Hall–Kier alpha value is -1.86. The van der Waals surface area contributed by atoms with Crippen molar-refractivity contribution in [3.05, 3.63) is 35.9 Å². The van der Waals surface area contributed by atoms with Gasteiger partial charge in [-0.3, -0.25) is 25.0 Å². The number of rotatable bonds is 3. The van der Waals surface area contributed by atoms with E-state index in [1.54, 1.807) is 0 Å². The summed E-state index contributed by atoms with van der Waals surface area (Å²) in [5.74, 6) is -0.554. The van der Waals surface area contributed by atoms with Gasteiger partial charge in [0.1, 0.15) is 5.50 Å². The average Bonchev–Trinajstić information content (AvgIpc) is 2.50. The Balaban J connectivity index is 1.65. The van der Waals surface area contributed by atoms with Gasteiger partial charge in [0.05, 0.1) is 5.25 Å². The van der Waals surface area contributed by atoms with Gasteiger partial charge in [-0.05, 0) is 12.0 Å². The molecule has 0 spiro atoms. The van der Waals surface area contributed by atoms with E-state index >= 15 is 0 Å². The largest absolute Gasteiger partial charge is 0.332 e. The summed E-state index contributed by atoms with van der Waals surface area (Å²) in [5.41, 5.74) is 0.710. The van der Waals surface area contributed by atoms with Crippen LogP contribution in [0.2, 0.25) is 0 Å². The van der Waals surface area contributed by atoms with E-state index in [0.29, 0.717) is 19.3 Å². The van der Waals surface area contributed by atoms with Gasteiger partial charge in [0, 0.05) is 18.9 Å². The third-order valence-electron chi connectivity index (χ3n) is 3.73. The van der Waals surface area contributed by atoms with Gasteiger partial charge in [0.15, 0.2) is 0 Å². The second-order valence-electron chi connectivity index (χ2n) is 5.36. The summed E-state index contributed by atoms with van der Waals surface area (Å²) < 4.78 is 0. The maximum absolute atomic E-state index is 11.9. The fourth-order valence-corrected chi connectivity index (χ4v) is 3.82. The summed E-state index contributed by atoms with van der Waals surface area (Å²) in [5, 5.41) is 8.19. The zero-order valence-electron chi connectivity index (χ0n) is 11.9. The van der Waals surface area contributed by atoms with Gasteiger partial charge in [0.25, 0.3) is 0 Å². The van der Waals surface area contributed by atoms with Crippen LogP contribution in [0.4, 0.5) is 0 Å². The summed E-state index contributed by atoms with van der Waals surface area (Å²) in [7, 11) is 0. The van der Waals surface area contributed by atoms with Crippen LogP contribution in [-0.2, 0) is 14.4 Å². The molecule has 0 bridgehead atoms. The lowest BCUT2D eigenvalue weighted by Gasteiger charge is -2.33. The molecule has 2 fully saturated rings. The van der Waals surface area contributed by atoms with Crippen LogP contribution in [0.3, 0.4) is 0 Å². The summed E-state index contributed by atoms with van der Waals surface area (Å²) in [6, 6.07) is 9.69. The summed E-state index contributed by atoms with van der Waals surface area (Å²) in [4.78, 5) is 34.9. The van der Waals surface area contributed by atoms with Crippen LogP contribution in [0.5, 0.6) is 0 Å². The molecule has 0 aliphatic carbocycles. The van der Waals surface area contributed by atoms with E-state index in [1.165, 1.54) is 11.8 Å². The molecular formula is C15H17N3O3S. The molecule has 0 radical (unpaired) electrons. The molecule has 2 aliphatic rings. The Morgan fingerprint density at radius 2 is 1.82 bits per heavy atom. The zero-order valence-corrected chi connectivity index (χ0v) is 12.7. The van der Waals surface area contributed by atoms with Crippen LogP contribution in [0.1, 0.15) is 30.9 Å². The number of nitrogens with one attached hydrogen (secondary N) is 3. The third kappa shape index (κ3) is 3.48. The van der Waals surface area contributed by atoms with Crippen molar-refractivity contribution in [2.45, 2.75) is 36.1 Å². The minimum absolute atomic E-state index is 0.0441. The molecule has 2 saturated heterocycles. The van der Waals surface area contributed by atoms with Crippen molar-refractivity contribution >= 4 is 29.5 Å². The fraction of sp³-hybridized carbons (Fsp3) is 0.400. The lowest BCUT2D eigenvalue weighted by molar-refractivity contribution is -0.132. The van der Waals surface area contributed by atoms with Crippen LogP contribution in [-0.4, -0.2) is 28.5 Å². The molecule has 3 atom stereocenters. The van der Waals surface area contributed by atoms with Crippen molar-refractivity contribution < 1.29 is 14.4 Å². The van der Waals surface area contributed by atoms with Crippen LogP contribution < -0.4 is 16.0 Å². The number of piperidine rings is 1. The number of thioether (sulfide) groups is 1. The quantitative estimate of drug-likeness (QED) is 0.713. The summed E-state index contributed by atoms with van der Waals surface area (Å²) in [6.45, 7) is 0. The minimum Gasteiger partial charge on any atom is -0.332 e. The zero-order chi connectivity index (χ0) is 15.5. The smallest absolute Gasteiger partial charge is 0.239 e. The summed E-state index contributed by atoms with van der Waals surface area (Å²) in [6.07, 6.45) is 1.21. The third-order valence-corrected chi connectivity index (χ3v) is 5.03. The first kappa shape index (κ1) is 15.1. The standard InChI is InChI=1S/C15H17N3O3S/c19-12-7-6-11(14(21)17-12)22-15-16-10(8-13(20)18-15)9-4-2-1-3-5-9/h1-5,10-11,15-16H,6-8H2,(H,18,20)(H,17,19,21). The first-order valence-corrected chi connectivity index (χ1v) is 8.15. The van der Waals surface area contributed by atoms with Crippen molar-refractivity contribution in [1.82, 2.24) is 16.0 Å². The van der Waals surface area contributed by atoms with Crippen molar-refractivity contribution in [3.8, 4) is 0 Å². The highest BCUT2D eigenvalue weighted by Gasteiger charge is 2.33. The number of benzene rings is 1. The van der Waals surface area contributed by atoms with Crippen molar-refractivity contribution in [2.75, 3.05) is 0 Å². The normalized spacial score (nSPS) is 28.9. The van der Waals surface area contributed by atoms with Gasteiger partial charge in [-0.2, -0.15) is 0 Å². The second kappa shape index (κ2) is 6.50. The van der Waals surface area contributed by atoms with E-state index in [0.717, 1.165) is 5.56 Å². The molecule has 0 saturated carbocycles. The average molecular weight is 319 g/mol. The van der Waals surface area contributed by atoms with Crippen molar-refractivity contribution in [1.29, 1.82) is 0 Å². The molecule has 3 unspecified atom stereocenters. The van der Waals surface area contributed by atoms with Crippen molar-refractivity contribution in [3.63, 3.8) is 0 Å². The lowest BCUT2D eigenvalue weighted by Crippen LogP contribution is -2.53. The number of carbonyl (C=O) groups is 3. The SMILES string of the molecule is O=C1CCC(SC2NC(=O)CC(c3ccccc3)N2)C(=O)N1. The first-order valence-electron chi connectivity index (χ1n) is 7.21. The van der Waals surface area contributed by atoms with Gasteiger partial charge in [-0.1, -0.05) is 30.3 Å². The molecule has 3 rings (SSSR count). The van der Waals surface area contributed by atoms with Crippen LogP contribution in [0.15, 0.2) is 30.3 Å². The molecule has 1 aromatic rings. The van der Waals surface area contributed by atoms with Gasteiger partial charge in [-0.15, -0.1) is 11.8 Å². The highest BCUT2D eigenvalue weighted by Crippen LogP contribution is 2.28. The molecule has 1 aromatic carbocycles. The number of hydrogen-bond donors (Lipinski definition) is 3. The van der Waals surface area contributed by atoms with E-state index in [2.05, 4.69) is 16.0 Å². The second-order valence-corrected chi connectivity index (χ2v) is 6.67. The van der Waals surface area contributed by atoms with E-state index in [1.807, 2.05) is 30.3 Å². The highest BCUT2D eigenvalue weighted by atomic mass is 32.2. The van der Waals surface area contributed by atoms with E-state index in [9.17, 15) is 14.4 Å². The monoisotopic (exact) mass is 319 g/mol. The maximum Gasteiger partial charge on any atom is 0.239 e. The number of hydrogen-bond acceptors (Lipinski definition) is 5. The first-order chi connectivity index (χ1) is 10.6. The minimum atomic E-state index is -0.338. The molecule has 2 aliphatic heterocycles. The molecular weight excluding hydrogens is 302 g/mol. The highest BCUT2D eigenvalue weighted by molar-refractivity contribution is 8.01. The fourth-order valence-electron chi connectivity index (χ4n) is 2.61. The molecule has 22 heavy (non-hydrogen) atoms. The predicted octanol–water partition coefficient (Wildman–Crippen LogP) is 0.659. The Morgan fingerprint density at radius 1 is 1.05 bits per heavy atom. The Kier molecular flexibility index (Phi) is 4.44. The summed E-state index contributed by atoms with van der Waals surface area (Å²) >= 11 is 1.35. The molecule has 116 valence electrons.